The normalized spacial score (nSPS) is 11.1. The average molecular weight is 451 g/mol. The van der Waals surface area contributed by atoms with Crippen molar-refractivity contribution in [3.63, 3.8) is 0 Å². The van der Waals surface area contributed by atoms with Gasteiger partial charge in [-0.1, -0.05) is 54.2 Å². The summed E-state index contributed by atoms with van der Waals surface area (Å²) in [6.07, 6.45) is 0. The highest BCUT2D eigenvalue weighted by atomic mass is 32.2. The highest BCUT2D eigenvalue weighted by Gasteiger charge is 2.19. The van der Waals surface area contributed by atoms with Crippen LogP contribution in [-0.4, -0.2) is 28.2 Å². The lowest BCUT2D eigenvalue weighted by Crippen LogP contribution is -2.24. The smallest absolute Gasteiger partial charge is 0.263 e. The topological polar surface area (TPSA) is 61.2 Å². The summed E-state index contributed by atoms with van der Waals surface area (Å²) in [5, 5.41) is 1.21. The van der Waals surface area contributed by atoms with Gasteiger partial charge in [0.15, 0.2) is 10.9 Å². The lowest BCUT2D eigenvalue weighted by Gasteiger charge is -2.13. The van der Waals surface area contributed by atoms with E-state index in [-0.39, 0.29) is 17.1 Å². The number of benzene rings is 2. The molecule has 0 spiro atoms. The van der Waals surface area contributed by atoms with Crippen molar-refractivity contribution in [2.24, 2.45) is 0 Å². The number of para-hydroxylation sites is 1. The van der Waals surface area contributed by atoms with Crippen molar-refractivity contribution in [2.75, 3.05) is 12.9 Å². The lowest BCUT2D eigenvalue weighted by molar-refractivity contribution is 0.101. The molecule has 0 bridgehead atoms. The Morgan fingerprint density at radius 3 is 2.55 bits per heavy atom. The number of rotatable bonds is 7. The Morgan fingerprint density at radius 2 is 1.81 bits per heavy atom. The maximum atomic E-state index is 13.4. The van der Waals surface area contributed by atoms with E-state index in [1.807, 2.05) is 56.3 Å². The molecule has 0 saturated heterocycles. The number of methoxy groups -OCH3 is 1. The van der Waals surface area contributed by atoms with Gasteiger partial charge in [-0.25, -0.2) is 4.98 Å². The fourth-order valence-corrected chi connectivity index (χ4v) is 5.36. The predicted octanol–water partition coefficient (Wildman–Crippen LogP) is 5.11. The Bertz CT molecular complexity index is 1310. The van der Waals surface area contributed by atoms with Crippen molar-refractivity contribution in [1.29, 1.82) is 0 Å². The molecule has 4 aromatic rings. The zero-order chi connectivity index (χ0) is 22.0. The Morgan fingerprint density at radius 1 is 1.10 bits per heavy atom. The molecule has 2 aromatic heterocycles. The lowest BCUT2D eigenvalue weighted by atomic mass is 10.1. The van der Waals surface area contributed by atoms with Gasteiger partial charge < -0.3 is 4.74 Å². The van der Waals surface area contributed by atoms with E-state index >= 15 is 0 Å². The van der Waals surface area contributed by atoms with Crippen LogP contribution in [0.25, 0.3) is 10.2 Å². The molecular formula is C24H22N2O3S2. The molecule has 0 aliphatic heterocycles. The third-order valence-corrected chi connectivity index (χ3v) is 7.25. The minimum Gasteiger partial charge on any atom is -0.496 e. The van der Waals surface area contributed by atoms with Gasteiger partial charge in [0.1, 0.15) is 10.6 Å². The first kappa shape index (κ1) is 21.3. The van der Waals surface area contributed by atoms with Crippen molar-refractivity contribution in [2.45, 2.75) is 25.5 Å². The summed E-state index contributed by atoms with van der Waals surface area (Å²) in [5.41, 5.74) is 2.44. The van der Waals surface area contributed by atoms with Crippen LogP contribution < -0.4 is 10.3 Å². The molecule has 7 heteroatoms. The van der Waals surface area contributed by atoms with Crippen LogP contribution in [0.2, 0.25) is 0 Å². The fraction of sp³-hybridized carbons (Fsp3) is 0.208. The molecule has 0 amide bonds. The molecule has 0 atom stereocenters. The van der Waals surface area contributed by atoms with Crippen molar-refractivity contribution >= 4 is 39.1 Å². The minimum atomic E-state index is -0.0680. The van der Waals surface area contributed by atoms with E-state index in [0.29, 0.717) is 28.4 Å². The second-order valence-corrected chi connectivity index (χ2v) is 9.29. The molecule has 0 aliphatic rings. The molecule has 0 fully saturated rings. The van der Waals surface area contributed by atoms with Crippen LogP contribution in [0.4, 0.5) is 0 Å². The summed E-state index contributed by atoms with van der Waals surface area (Å²) in [6.45, 7) is 4.37. The van der Waals surface area contributed by atoms with E-state index in [9.17, 15) is 9.59 Å². The van der Waals surface area contributed by atoms with Crippen LogP contribution in [0.15, 0.2) is 64.5 Å². The number of aromatic nitrogens is 2. The number of hydrogen-bond donors (Lipinski definition) is 0. The van der Waals surface area contributed by atoms with E-state index in [0.717, 1.165) is 20.8 Å². The third kappa shape index (κ3) is 4.29. The Hall–Kier alpha value is -2.90. The number of thiophene rings is 1. The quantitative estimate of drug-likeness (QED) is 0.223. The van der Waals surface area contributed by atoms with E-state index < -0.39 is 0 Å². The summed E-state index contributed by atoms with van der Waals surface area (Å²) >= 11 is 2.80. The SMILES string of the molecule is COc1ccccc1C(=O)CSc1nc2sc(C)c(C)c2c(=O)n1Cc1ccccc1. The second-order valence-electron chi connectivity index (χ2n) is 7.15. The maximum absolute atomic E-state index is 13.4. The molecule has 158 valence electrons. The molecule has 0 radical (unpaired) electrons. The predicted molar refractivity (Wildman–Crippen MR) is 127 cm³/mol. The summed E-state index contributed by atoms with van der Waals surface area (Å²) in [6, 6.07) is 17.0. The van der Waals surface area contributed by atoms with Gasteiger partial charge in [0.2, 0.25) is 0 Å². The van der Waals surface area contributed by atoms with Crippen LogP contribution in [0.1, 0.15) is 26.4 Å². The first-order chi connectivity index (χ1) is 15.0. The molecule has 31 heavy (non-hydrogen) atoms. The number of ether oxygens (including phenoxy) is 1. The highest BCUT2D eigenvalue weighted by Crippen LogP contribution is 2.29. The molecule has 0 unspecified atom stereocenters. The number of aryl methyl sites for hydroxylation is 2. The highest BCUT2D eigenvalue weighted by molar-refractivity contribution is 7.99. The summed E-state index contributed by atoms with van der Waals surface area (Å²) < 4.78 is 6.99. The third-order valence-electron chi connectivity index (χ3n) is 5.18. The van der Waals surface area contributed by atoms with Crippen molar-refractivity contribution in [3.05, 3.63) is 86.5 Å². The molecule has 0 N–H and O–H groups in total. The molecule has 2 heterocycles. The first-order valence-electron chi connectivity index (χ1n) is 9.83. The Kier molecular flexibility index (Phi) is 6.25. The molecule has 5 nitrogen and oxygen atoms in total. The standard InChI is InChI=1S/C24H22N2O3S2/c1-15-16(2)31-22-21(15)23(28)26(13-17-9-5-4-6-10-17)24(25-22)30-14-19(27)18-11-7-8-12-20(18)29-3/h4-12H,13-14H2,1-3H3. The van der Waals surface area contributed by atoms with E-state index in [1.165, 1.54) is 23.1 Å². The number of hydrogen-bond acceptors (Lipinski definition) is 6. The van der Waals surface area contributed by atoms with Crippen LogP contribution in [0, 0.1) is 13.8 Å². The Balaban J connectivity index is 1.72. The van der Waals surface area contributed by atoms with Crippen LogP contribution in [-0.2, 0) is 6.54 Å². The Labute approximate surface area is 188 Å². The monoisotopic (exact) mass is 450 g/mol. The second kappa shape index (κ2) is 9.08. The van der Waals surface area contributed by atoms with Gasteiger partial charge in [-0.05, 0) is 37.1 Å². The van der Waals surface area contributed by atoms with Crippen molar-refractivity contribution in [1.82, 2.24) is 9.55 Å². The molecule has 0 aliphatic carbocycles. The zero-order valence-electron chi connectivity index (χ0n) is 17.5. The average Bonchev–Trinajstić information content (AvgIpc) is 3.08. The van der Waals surface area contributed by atoms with Gasteiger partial charge in [-0.15, -0.1) is 11.3 Å². The number of nitrogens with zero attached hydrogens (tertiary/aromatic N) is 2. The molecule has 2 aromatic carbocycles. The number of ketones is 1. The van der Waals surface area contributed by atoms with Gasteiger partial charge in [0.05, 0.1) is 30.4 Å². The number of Topliss-reactive ketones (excluding diaryl/α,β-unsaturated/α-hetero) is 1. The summed E-state index contributed by atoms with van der Waals surface area (Å²) in [5.74, 6) is 0.639. The maximum Gasteiger partial charge on any atom is 0.263 e. The zero-order valence-corrected chi connectivity index (χ0v) is 19.2. The fourth-order valence-electron chi connectivity index (χ4n) is 3.41. The molecule has 0 saturated carbocycles. The van der Waals surface area contributed by atoms with Gasteiger partial charge in [0, 0.05) is 4.88 Å². The van der Waals surface area contributed by atoms with Crippen LogP contribution >= 0.6 is 23.1 Å². The van der Waals surface area contributed by atoms with Crippen LogP contribution in [0.3, 0.4) is 0 Å². The summed E-state index contributed by atoms with van der Waals surface area (Å²) in [4.78, 5) is 32.9. The van der Waals surface area contributed by atoms with Gasteiger partial charge in [0.25, 0.3) is 5.56 Å². The first-order valence-corrected chi connectivity index (χ1v) is 11.6. The van der Waals surface area contributed by atoms with Gasteiger partial charge in [-0.3, -0.25) is 14.2 Å². The van der Waals surface area contributed by atoms with Crippen LogP contribution in [0.5, 0.6) is 5.75 Å². The number of carbonyl (C=O) groups excluding carboxylic acids is 1. The summed E-state index contributed by atoms with van der Waals surface area (Å²) in [7, 11) is 1.55. The van der Waals surface area contributed by atoms with Crippen molar-refractivity contribution < 1.29 is 9.53 Å². The largest absolute Gasteiger partial charge is 0.496 e. The van der Waals surface area contributed by atoms with E-state index in [1.54, 1.807) is 23.8 Å². The van der Waals surface area contributed by atoms with E-state index in [4.69, 9.17) is 9.72 Å². The number of thioether (sulfide) groups is 1. The minimum absolute atomic E-state index is 0.0667. The molecular weight excluding hydrogens is 428 g/mol. The molecule has 4 rings (SSSR count). The van der Waals surface area contributed by atoms with Gasteiger partial charge in [-0.2, -0.15) is 0 Å². The van der Waals surface area contributed by atoms with E-state index in [2.05, 4.69) is 0 Å². The van der Waals surface area contributed by atoms with Crippen molar-refractivity contribution in [3.8, 4) is 5.75 Å². The number of fused-ring (bicyclic) bond motifs is 1. The van der Waals surface area contributed by atoms with Gasteiger partial charge >= 0.3 is 0 Å². The number of carbonyl (C=O) groups is 1.